The fourth-order valence-corrected chi connectivity index (χ4v) is 1.98. The number of benzene rings is 1. The predicted molar refractivity (Wildman–Crippen MR) is 57.6 cm³/mol. The van der Waals surface area contributed by atoms with Crippen molar-refractivity contribution in [3.05, 3.63) is 29.3 Å². The van der Waals surface area contributed by atoms with E-state index < -0.39 is 0 Å². The van der Waals surface area contributed by atoms with Crippen LogP contribution < -0.4 is 10.1 Å². The molecule has 1 aliphatic rings. The monoisotopic (exact) mass is 191 g/mol. The van der Waals surface area contributed by atoms with Gasteiger partial charge in [0.05, 0.1) is 7.11 Å². The van der Waals surface area contributed by atoms with Gasteiger partial charge in [0.2, 0.25) is 0 Å². The van der Waals surface area contributed by atoms with Gasteiger partial charge in [-0.25, -0.2) is 0 Å². The molecule has 0 amide bonds. The number of ether oxygens (including phenoxy) is 1. The lowest BCUT2D eigenvalue weighted by Crippen LogP contribution is -2.44. The maximum Gasteiger partial charge on any atom is 0.123 e. The minimum atomic E-state index is 0.477. The van der Waals surface area contributed by atoms with Crippen molar-refractivity contribution in [2.24, 2.45) is 5.92 Å². The van der Waals surface area contributed by atoms with Gasteiger partial charge in [0.1, 0.15) is 5.75 Å². The number of methoxy groups -OCH3 is 1. The number of hydrogen-bond acceptors (Lipinski definition) is 2. The minimum absolute atomic E-state index is 0.477. The van der Waals surface area contributed by atoms with E-state index in [0.29, 0.717) is 12.0 Å². The van der Waals surface area contributed by atoms with Gasteiger partial charge < -0.3 is 10.1 Å². The van der Waals surface area contributed by atoms with Crippen molar-refractivity contribution < 1.29 is 4.74 Å². The van der Waals surface area contributed by atoms with Gasteiger partial charge in [-0.1, -0.05) is 24.6 Å². The van der Waals surface area contributed by atoms with Crippen LogP contribution >= 0.6 is 0 Å². The maximum absolute atomic E-state index is 5.37. The Morgan fingerprint density at radius 3 is 2.71 bits per heavy atom. The summed E-state index contributed by atoms with van der Waals surface area (Å²) < 4.78 is 5.37. The summed E-state index contributed by atoms with van der Waals surface area (Å²) in [6.07, 6.45) is 0. The molecule has 14 heavy (non-hydrogen) atoms. The van der Waals surface area contributed by atoms with Gasteiger partial charge in [0, 0.05) is 18.2 Å². The molecule has 0 saturated carbocycles. The Morgan fingerprint density at radius 2 is 2.21 bits per heavy atom. The van der Waals surface area contributed by atoms with E-state index >= 15 is 0 Å². The SMILES string of the molecule is COc1ccc(C)cc1C1NCC1C. The van der Waals surface area contributed by atoms with Crippen molar-refractivity contribution in [2.45, 2.75) is 19.9 Å². The molecule has 1 N–H and O–H groups in total. The molecule has 2 unspecified atom stereocenters. The van der Waals surface area contributed by atoms with Gasteiger partial charge in [-0.2, -0.15) is 0 Å². The standard InChI is InChI=1S/C12H17NO/c1-8-4-5-11(14-3)10(6-8)12-9(2)7-13-12/h4-6,9,12-13H,7H2,1-3H3. The average Bonchev–Trinajstić information content (AvgIpc) is 2.16. The summed E-state index contributed by atoms with van der Waals surface area (Å²) in [6, 6.07) is 6.83. The summed E-state index contributed by atoms with van der Waals surface area (Å²) in [4.78, 5) is 0. The Bertz CT molecular complexity index is 335. The highest BCUT2D eigenvalue weighted by atomic mass is 16.5. The van der Waals surface area contributed by atoms with Crippen molar-refractivity contribution in [2.75, 3.05) is 13.7 Å². The smallest absolute Gasteiger partial charge is 0.123 e. The first kappa shape index (κ1) is 9.53. The summed E-state index contributed by atoms with van der Waals surface area (Å²) in [6.45, 7) is 5.50. The summed E-state index contributed by atoms with van der Waals surface area (Å²) in [5.41, 5.74) is 2.59. The predicted octanol–water partition coefficient (Wildman–Crippen LogP) is 2.28. The summed E-state index contributed by atoms with van der Waals surface area (Å²) in [7, 11) is 1.73. The Labute approximate surface area is 85.3 Å². The zero-order valence-electron chi connectivity index (χ0n) is 9.00. The van der Waals surface area contributed by atoms with E-state index in [1.165, 1.54) is 11.1 Å². The second kappa shape index (κ2) is 3.62. The first-order valence-electron chi connectivity index (χ1n) is 5.10. The van der Waals surface area contributed by atoms with E-state index in [9.17, 15) is 0 Å². The molecule has 0 aliphatic carbocycles. The third-order valence-corrected chi connectivity index (χ3v) is 2.95. The van der Waals surface area contributed by atoms with Crippen molar-refractivity contribution in [1.82, 2.24) is 5.32 Å². The lowest BCUT2D eigenvalue weighted by atomic mass is 9.86. The molecular formula is C12H17NO. The Kier molecular flexibility index (Phi) is 2.46. The van der Waals surface area contributed by atoms with Crippen LogP contribution in [-0.4, -0.2) is 13.7 Å². The van der Waals surface area contributed by atoms with Crippen LogP contribution in [0, 0.1) is 12.8 Å². The van der Waals surface area contributed by atoms with E-state index in [2.05, 4.69) is 37.4 Å². The molecule has 2 heteroatoms. The molecule has 2 rings (SSSR count). The largest absolute Gasteiger partial charge is 0.496 e. The normalized spacial score (nSPS) is 25.6. The van der Waals surface area contributed by atoms with Crippen molar-refractivity contribution in [3.8, 4) is 5.75 Å². The molecule has 0 radical (unpaired) electrons. The van der Waals surface area contributed by atoms with Crippen LogP contribution in [0.4, 0.5) is 0 Å². The third-order valence-electron chi connectivity index (χ3n) is 2.95. The van der Waals surface area contributed by atoms with Gasteiger partial charge in [-0.05, 0) is 18.9 Å². The fraction of sp³-hybridized carbons (Fsp3) is 0.500. The topological polar surface area (TPSA) is 21.3 Å². The highest BCUT2D eigenvalue weighted by Gasteiger charge is 2.29. The first-order valence-corrected chi connectivity index (χ1v) is 5.10. The van der Waals surface area contributed by atoms with E-state index in [1.807, 2.05) is 0 Å². The molecule has 1 aliphatic heterocycles. The molecule has 2 atom stereocenters. The quantitative estimate of drug-likeness (QED) is 0.774. The first-order chi connectivity index (χ1) is 6.72. The second-order valence-corrected chi connectivity index (χ2v) is 4.11. The van der Waals surface area contributed by atoms with Crippen LogP contribution in [-0.2, 0) is 0 Å². The highest BCUT2D eigenvalue weighted by Crippen LogP contribution is 2.35. The van der Waals surface area contributed by atoms with E-state index in [0.717, 1.165) is 12.3 Å². The maximum atomic E-state index is 5.37. The Morgan fingerprint density at radius 1 is 1.43 bits per heavy atom. The van der Waals surface area contributed by atoms with Gasteiger partial charge in [0.15, 0.2) is 0 Å². The van der Waals surface area contributed by atoms with Crippen molar-refractivity contribution in [3.63, 3.8) is 0 Å². The van der Waals surface area contributed by atoms with Gasteiger partial charge in [-0.15, -0.1) is 0 Å². The molecule has 0 bridgehead atoms. The van der Waals surface area contributed by atoms with Crippen molar-refractivity contribution in [1.29, 1.82) is 0 Å². The van der Waals surface area contributed by atoms with Crippen LogP contribution in [0.1, 0.15) is 24.1 Å². The number of nitrogens with one attached hydrogen (secondary N) is 1. The minimum Gasteiger partial charge on any atom is -0.496 e. The number of aryl methyl sites for hydroxylation is 1. The number of rotatable bonds is 2. The summed E-state index contributed by atoms with van der Waals surface area (Å²) >= 11 is 0. The van der Waals surface area contributed by atoms with Gasteiger partial charge in [0.25, 0.3) is 0 Å². The van der Waals surface area contributed by atoms with E-state index in [-0.39, 0.29) is 0 Å². The molecule has 1 heterocycles. The van der Waals surface area contributed by atoms with E-state index in [1.54, 1.807) is 7.11 Å². The van der Waals surface area contributed by atoms with Gasteiger partial charge >= 0.3 is 0 Å². The molecule has 0 aromatic heterocycles. The van der Waals surface area contributed by atoms with Crippen LogP contribution in [0.2, 0.25) is 0 Å². The molecule has 2 nitrogen and oxygen atoms in total. The Balaban J connectivity index is 2.34. The molecule has 1 fully saturated rings. The molecule has 1 saturated heterocycles. The summed E-state index contributed by atoms with van der Waals surface area (Å²) in [5.74, 6) is 1.71. The van der Waals surface area contributed by atoms with Crippen LogP contribution in [0.5, 0.6) is 5.75 Å². The molecule has 1 aromatic carbocycles. The summed E-state index contributed by atoms with van der Waals surface area (Å²) in [5, 5.41) is 3.43. The van der Waals surface area contributed by atoms with Gasteiger partial charge in [-0.3, -0.25) is 0 Å². The lowest BCUT2D eigenvalue weighted by Gasteiger charge is -2.36. The number of hydrogen-bond donors (Lipinski definition) is 1. The van der Waals surface area contributed by atoms with Crippen molar-refractivity contribution >= 4 is 0 Å². The van der Waals surface area contributed by atoms with E-state index in [4.69, 9.17) is 4.74 Å². The third kappa shape index (κ3) is 1.50. The second-order valence-electron chi connectivity index (χ2n) is 4.11. The highest BCUT2D eigenvalue weighted by molar-refractivity contribution is 5.40. The zero-order chi connectivity index (χ0) is 10.1. The molecular weight excluding hydrogens is 174 g/mol. The Hall–Kier alpha value is -1.02. The van der Waals surface area contributed by atoms with Crippen LogP contribution in [0.3, 0.4) is 0 Å². The molecule has 1 aromatic rings. The van der Waals surface area contributed by atoms with Crippen LogP contribution in [0.15, 0.2) is 18.2 Å². The molecule has 76 valence electrons. The fourth-order valence-electron chi connectivity index (χ4n) is 1.98. The molecule has 0 spiro atoms. The average molecular weight is 191 g/mol. The lowest BCUT2D eigenvalue weighted by molar-refractivity contribution is 0.250. The zero-order valence-corrected chi connectivity index (χ0v) is 9.00. The van der Waals surface area contributed by atoms with Crippen LogP contribution in [0.25, 0.3) is 0 Å².